The fraction of sp³-hybridized carbons (Fsp3) is 0.0476. The third-order valence-corrected chi connectivity index (χ3v) is 4.30. The van der Waals surface area contributed by atoms with Gasteiger partial charge in [-0.05, 0) is 35.0 Å². The van der Waals surface area contributed by atoms with E-state index in [2.05, 4.69) is 32.4 Å². The van der Waals surface area contributed by atoms with Crippen LogP contribution in [-0.4, -0.2) is 23.8 Å². The number of carbonyl (C=O) groups is 1. The highest BCUT2D eigenvalue weighted by Gasteiger charge is 2.11. The van der Waals surface area contributed by atoms with Crippen LogP contribution in [0.3, 0.4) is 0 Å². The average Bonchev–Trinajstić information content (AvgIpc) is 2.68. The van der Waals surface area contributed by atoms with Crippen molar-refractivity contribution in [2.45, 2.75) is 0 Å². The largest absolute Gasteiger partial charge is 0.507 e. The molecule has 0 unspecified atom stereocenters. The van der Waals surface area contributed by atoms with Gasteiger partial charge in [-0.3, -0.25) is 4.79 Å². The number of phenolic OH excluding ortho intramolecular Hbond substituents is 1. The van der Waals surface area contributed by atoms with Crippen molar-refractivity contribution in [3.63, 3.8) is 0 Å². The summed E-state index contributed by atoms with van der Waals surface area (Å²) in [7, 11) is 0. The predicted octanol–water partition coefficient (Wildman–Crippen LogP) is 4.08. The van der Waals surface area contributed by atoms with E-state index >= 15 is 0 Å². The lowest BCUT2D eigenvalue weighted by Gasteiger charge is -2.10. The van der Waals surface area contributed by atoms with Crippen molar-refractivity contribution in [1.82, 2.24) is 5.43 Å². The Morgan fingerprint density at radius 3 is 2.89 bits per heavy atom. The van der Waals surface area contributed by atoms with Crippen LogP contribution >= 0.6 is 15.9 Å². The second kappa shape index (κ2) is 8.39. The van der Waals surface area contributed by atoms with E-state index in [1.165, 1.54) is 18.3 Å². The van der Waals surface area contributed by atoms with Gasteiger partial charge in [0.05, 0.1) is 11.8 Å². The Bertz CT molecular complexity index is 1070. The molecule has 5 nitrogen and oxygen atoms in total. The number of nitrogens with one attached hydrogen (secondary N) is 1. The summed E-state index contributed by atoms with van der Waals surface area (Å²) in [6, 6.07) is 16.1. The molecule has 0 bridgehead atoms. The molecule has 3 aromatic rings. The maximum absolute atomic E-state index is 12.3. The monoisotopic (exact) mass is 422 g/mol. The van der Waals surface area contributed by atoms with Gasteiger partial charge in [-0.15, -0.1) is 6.42 Å². The smallest absolute Gasteiger partial charge is 0.275 e. The molecule has 0 heterocycles. The summed E-state index contributed by atoms with van der Waals surface area (Å²) in [5, 5.41) is 15.8. The second-order valence-corrected chi connectivity index (χ2v) is 6.47. The molecule has 0 aliphatic carbocycles. The van der Waals surface area contributed by atoms with Crippen molar-refractivity contribution in [2.75, 3.05) is 6.61 Å². The van der Waals surface area contributed by atoms with Gasteiger partial charge < -0.3 is 9.84 Å². The van der Waals surface area contributed by atoms with Crippen molar-refractivity contribution in [3.8, 4) is 23.8 Å². The topological polar surface area (TPSA) is 70.9 Å². The zero-order valence-electron chi connectivity index (χ0n) is 14.1. The first-order chi connectivity index (χ1) is 13.1. The van der Waals surface area contributed by atoms with Gasteiger partial charge in [0.1, 0.15) is 18.1 Å². The molecule has 1 amide bonds. The SMILES string of the molecule is C#CCOc1ccc2ccccc2c1/C=N\NC(=O)c1cc(Br)ccc1O. The number of phenols is 1. The molecule has 0 radical (unpaired) electrons. The number of terminal acetylenes is 1. The first-order valence-electron chi connectivity index (χ1n) is 8.00. The zero-order chi connectivity index (χ0) is 19.2. The highest BCUT2D eigenvalue weighted by atomic mass is 79.9. The molecule has 0 aliphatic heterocycles. The van der Waals surface area contributed by atoms with E-state index in [9.17, 15) is 9.90 Å². The molecule has 0 spiro atoms. The van der Waals surface area contributed by atoms with Crippen LogP contribution in [0, 0.1) is 12.3 Å². The van der Waals surface area contributed by atoms with Gasteiger partial charge >= 0.3 is 0 Å². The van der Waals surface area contributed by atoms with Gasteiger partial charge in [0.25, 0.3) is 5.91 Å². The van der Waals surface area contributed by atoms with E-state index in [1.807, 2.05) is 36.4 Å². The standard InChI is InChI=1S/C21H15BrN2O3/c1-2-11-27-20-10-7-14-5-3-4-6-16(14)18(20)13-23-24-21(26)17-12-15(22)8-9-19(17)25/h1,3-10,12-13,25H,11H2,(H,24,26)/b23-13-. The first-order valence-corrected chi connectivity index (χ1v) is 8.79. The second-order valence-electron chi connectivity index (χ2n) is 5.55. The quantitative estimate of drug-likeness (QED) is 0.369. The van der Waals surface area contributed by atoms with Crippen LogP contribution in [0.2, 0.25) is 0 Å². The Balaban J connectivity index is 1.89. The summed E-state index contributed by atoms with van der Waals surface area (Å²) in [6.07, 6.45) is 6.78. The number of rotatable bonds is 5. The van der Waals surface area contributed by atoms with Crippen LogP contribution in [0.4, 0.5) is 0 Å². The lowest BCUT2D eigenvalue weighted by Crippen LogP contribution is -2.17. The maximum atomic E-state index is 12.3. The molecular formula is C21H15BrN2O3. The summed E-state index contributed by atoms with van der Waals surface area (Å²) in [5.74, 6) is 2.33. The number of amides is 1. The molecule has 134 valence electrons. The van der Waals surface area contributed by atoms with Gasteiger partial charge in [-0.25, -0.2) is 5.43 Å². The lowest BCUT2D eigenvalue weighted by molar-refractivity contribution is 0.0952. The van der Waals surface area contributed by atoms with Gasteiger partial charge in [0, 0.05) is 10.0 Å². The van der Waals surface area contributed by atoms with Crippen LogP contribution in [0.1, 0.15) is 15.9 Å². The van der Waals surface area contributed by atoms with Crippen molar-refractivity contribution in [3.05, 3.63) is 70.2 Å². The number of aromatic hydroxyl groups is 1. The Kier molecular flexibility index (Phi) is 5.74. The van der Waals surface area contributed by atoms with Crippen LogP contribution < -0.4 is 10.2 Å². The summed E-state index contributed by atoms with van der Waals surface area (Å²) in [6.45, 7) is 0.122. The van der Waals surface area contributed by atoms with Gasteiger partial charge in [-0.1, -0.05) is 52.2 Å². The van der Waals surface area contributed by atoms with Crippen molar-refractivity contribution >= 4 is 38.8 Å². The molecule has 2 N–H and O–H groups in total. The van der Waals surface area contributed by atoms with Gasteiger partial charge in [0.15, 0.2) is 0 Å². The molecule has 0 saturated carbocycles. The van der Waals surface area contributed by atoms with Crippen molar-refractivity contribution in [1.29, 1.82) is 0 Å². The summed E-state index contributed by atoms with van der Waals surface area (Å²) >= 11 is 3.27. The number of fused-ring (bicyclic) bond motifs is 1. The Hall–Kier alpha value is -3.30. The Morgan fingerprint density at radius 1 is 1.26 bits per heavy atom. The van der Waals surface area contributed by atoms with Crippen LogP contribution in [0.15, 0.2) is 64.2 Å². The normalized spacial score (nSPS) is 10.7. The minimum atomic E-state index is -0.531. The number of carbonyl (C=O) groups excluding carboxylic acids is 1. The molecule has 3 aromatic carbocycles. The fourth-order valence-electron chi connectivity index (χ4n) is 2.56. The predicted molar refractivity (Wildman–Crippen MR) is 109 cm³/mol. The minimum absolute atomic E-state index is 0.114. The minimum Gasteiger partial charge on any atom is -0.507 e. The van der Waals surface area contributed by atoms with E-state index in [-0.39, 0.29) is 17.9 Å². The maximum Gasteiger partial charge on any atom is 0.275 e. The van der Waals surface area contributed by atoms with Crippen molar-refractivity contribution < 1.29 is 14.6 Å². The van der Waals surface area contributed by atoms with E-state index in [0.717, 1.165) is 10.8 Å². The molecule has 0 fully saturated rings. The molecule has 3 rings (SSSR count). The number of hydrogen-bond acceptors (Lipinski definition) is 4. The molecular weight excluding hydrogens is 408 g/mol. The highest BCUT2D eigenvalue weighted by molar-refractivity contribution is 9.10. The summed E-state index contributed by atoms with van der Waals surface area (Å²) < 4.78 is 6.26. The number of hydrogen-bond donors (Lipinski definition) is 2. The average molecular weight is 423 g/mol. The van der Waals surface area contributed by atoms with Crippen LogP contribution in [-0.2, 0) is 0 Å². The third kappa shape index (κ3) is 4.27. The Morgan fingerprint density at radius 2 is 2.07 bits per heavy atom. The molecule has 0 aliphatic rings. The molecule has 0 saturated heterocycles. The highest BCUT2D eigenvalue weighted by Crippen LogP contribution is 2.27. The molecule has 0 atom stereocenters. The van der Waals surface area contributed by atoms with E-state index in [1.54, 1.807) is 6.07 Å². The third-order valence-electron chi connectivity index (χ3n) is 3.80. The number of benzene rings is 3. The molecule has 0 aromatic heterocycles. The summed E-state index contributed by atoms with van der Waals surface area (Å²) in [4.78, 5) is 12.3. The lowest BCUT2D eigenvalue weighted by atomic mass is 10.0. The number of nitrogens with zero attached hydrogens (tertiary/aromatic N) is 1. The van der Waals surface area contributed by atoms with Gasteiger partial charge in [-0.2, -0.15) is 5.10 Å². The number of hydrazone groups is 1. The number of halogens is 1. The zero-order valence-corrected chi connectivity index (χ0v) is 15.7. The summed E-state index contributed by atoms with van der Waals surface area (Å²) in [5.41, 5.74) is 3.23. The molecule has 27 heavy (non-hydrogen) atoms. The van der Waals surface area contributed by atoms with Crippen LogP contribution in [0.5, 0.6) is 11.5 Å². The molecule has 6 heteroatoms. The van der Waals surface area contributed by atoms with E-state index in [0.29, 0.717) is 15.8 Å². The Labute approximate surface area is 164 Å². The first kappa shape index (κ1) is 18.5. The number of ether oxygens (including phenoxy) is 1. The van der Waals surface area contributed by atoms with Gasteiger partial charge in [0.2, 0.25) is 0 Å². The van der Waals surface area contributed by atoms with E-state index in [4.69, 9.17) is 11.2 Å². The van der Waals surface area contributed by atoms with Crippen molar-refractivity contribution in [2.24, 2.45) is 5.10 Å². The van der Waals surface area contributed by atoms with E-state index < -0.39 is 5.91 Å². The fourth-order valence-corrected chi connectivity index (χ4v) is 2.92. The van der Waals surface area contributed by atoms with Crippen LogP contribution in [0.25, 0.3) is 10.8 Å².